The molecule has 0 aromatic rings. The van der Waals surface area contributed by atoms with Crippen molar-refractivity contribution >= 4 is 0 Å². The standard InChI is InChI=1S/C4H7FO/c5-6-4-2-1-3-4/h4H,1-3H2. The van der Waals surface area contributed by atoms with Crippen molar-refractivity contribution in [2.24, 2.45) is 0 Å². The van der Waals surface area contributed by atoms with Gasteiger partial charge in [-0.1, -0.05) is 0 Å². The summed E-state index contributed by atoms with van der Waals surface area (Å²) in [5.74, 6) is 0. The Labute approximate surface area is 36.0 Å². The molecule has 0 radical (unpaired) electrons. The van der Waals surface area contributed by atoms with Crippen LogP contribution < -0.4 is 0 Å². The summed E-state index contributed by atoms with van der Waals surface area (Å²) in [6.45, 7) is 0. The van der Waals surface area contributed by atoms with E-state index in [-0.39, 0.29) is 6.10 Å². The molecule has 0 aromatic heterocycles. The highest BCUT2D eigenvalue weighted by atomic mass is 19.3. The van der Waals surface area contributed by atoms with E-state index in [0.717, 1.165) is 19.3 Å². The summed E-state index contributed by atoms with van der Waals surface area (Å²) in [7, 11) is 0. The van der Waals surface area contributed by atoms with E-state index in [1.54, 1.807) is 0 Å². The van der Waals surface area contributed by atoms with E-state index in [9.17, 15) is 4.53 Å². The molecule has 0 amide bonds. The molecule has 6 heavy (non-hydrogen) atoms. The van der Waals surface area contributed by atoms with E-state index in [1.807, 2.05) is 0 Å². The number of hydrogen-bond donors (Lipinski definition) is 0. The van der Waals surface area contributed by atoms with Crippen LogP contribution in [0, 0.1) is 0 Å². The first-order valence-corrected chi connectivity index (χ1v) is 2.21. The molecule has 1 aliphatic rings. The van der Waals surface area contributed by atoms with Crippen molar-refractivity contribution in [3.63, 3.8) is 0 Å². The van der Waals surface area contributed by atoms with Crippen LogP contribution in [0.1, 0.15) is 19.3 Å². The van der Waals surface area contributed by atoms with Crippen LogP contribution in [0.4, 0.5) is 4.53 Å². The second-order valence-corrected chi connectivity index (χ2v) is 1.64. The molecule has 1 aliphatic carbocycles. The van der Waals surface area contributed by atoms with Gasteiger partial charge in [0.25, 0.3) is 0 Å². The van der Waals surface area contributed by atoms with Crippen LogP contribution in [0.3, 0.4) is 0 Å². The van der Waals surface area contributed by atoms with Crippen molar-refractivity contribution in [2.45, 2.75) is 25.4 Å². The molecule has 36 valence electrons. The largest absolute Gasteiger partial charge is 0.191 e. The summed E-state index contributed by atoms with van der Waals surface area (Å²) in [5.41, 5.74) is 0. The van der Waals surface area contributed by atoms with Gasteiger partial charge in [0.2, 0.25) is 0 Å². The van der Waals surface area contributed by atoms with Gasteiger partial charge in [-0.25, -0.2) is 0 Å². The van der Waals surface area contributed by atoms with Crippen LogP contribution in [-0.2, 0) is 4.94 Å². The molecule has 2 heteroatoms. The molecule has 0 heterocycles. The molecule has 0 aliphatic heterocycles. The fourth-order valence-electron chi connectivity index (χ4n) is 0.460. The monoisotopic (exact) mass is 90.0 g/mol. The van der Waals surface area contributed by atoms with Crippen molar-refractivity contribution < 1.29 is 9.47 Å². The fourth-order valence-corrected chi connectivity index (χ4v) is 0.460. The van der Waals surface area contributed by atoms with E-state index in [2.05, 4.69) is 4.94 Å². The molecule has 1 rings (SSSR count). The maximum atomic E-state index is 10.9. The predicted octanol–water partition coefficient (Wildman–Crippen LogP) is 1.44. The third-order valence-corrected chi connectivity index (χ3v) is 1.18. The first-order valence-electron chi connectivity index (χ1n) is 2.21. The number of rotatable bonds is 1. The number of hydrogen-bond acceptors (Lipinski definition) is 1. The molecule has 0 saturated heterocycles. The van der Waals surface area contributed by atoms with Gasteiger partial charge in [0.1, 0.15) is 0 Å². The molecule has 1 fully saturated rings. The maximum Gasteiger partial charge on any atom is 0.0983 e. The topological polar surface area (TPSA) is 9.23 Å². The minimum atomic E-state index is -0.0509. The maximum absolute atomic E-state index is 10.9. The normalized spacial score (nSPS) is 23.5. The summed E-state index contributed by atoms with van der Waals surface area (Å²) in [6, 6.07) is 0. The highest BCUT2D eigenvalue weighted by Gasteiger charge is 2.17. The fraction of sp³-hybridized carbons (Fsp3) is 1.00. The molecule has 1 nitrogen and oxygen atoms in total. The highest BCUT2D eigenvalue weighted by Crippen LogP contribution is 2.21. The van der Waals surface area contributed by atoms with E-state index in [1.165, 1.54) is 0 Å². The van der Waals surface area contributed by atoms with Gasteiger partial charge in [-0.2, -0.15) is 4.94 Å². The van der Waals surface area contributed by atoms with E-state index in [4.69, 9.17) is 0 Å². The van der Waals surface area contributed by atoms with E-state index < -0.39 is 0 Å². The molecule has 0 spiro atoms. The SMILES string of the molecule is FOC1CCC1. The van der Waals surface area contributed by atoms with Crippen LogP contribution >= 0.6 is 0 Å². The van der Waals surface area contributed by atoms with Gasteiger partial charge in [0, 0.05) is 0 Å². The molecular weight excluding hydrogens is 83.0 g/mol. The van der Waals surface area contributed by atoms with Gasteiger partial charge in [-0.15, -0.1) is 0 Å². The van der Waals surface area contributed by atoms with Gasteiger partial charge in [0.05, 0.1) is 6.10 Å². The first kappa shape index (κ1) is 4.06. The lowest BCUT2D eigenvalue weighted by Gasteiger charge is -2.18. The van der Waals surface area contributed by atoms with Crippen molar-refractivity contribution in [2.75, 3.05) is 0 Å². The van der Waals surface area contributed by atoms with Gasteiger partial charge in [0.15, 0.2) is 0 Å². The Hall–Kier alpha value is -0.110. The van der Waals surface area contributed by atoms with Gasteiger partial charge in [-0.05, 0) is 23.8 Å². The molecule has 0 bridgehead atoms. The summed E-state index contributed by atoms with van der Waals surface area (Å²) in [6.07, 6.45) is 2.91. The first-order chi connectivity index (χ1) is 2.93. The lowest BCUT2D eigenvalue weighted by atomic mass is 9.97. The Balaban J connectivity index is 2.01. The van der Waals surface area contributed by atoms with Crippen LogP contribution in [0.5, 0.6) is 0 Å². The predicted molar refractivity (Wildman–Crippen MR) is 19.8 cm³/mol. The zero-order valence-electron chi connectivity index (χ0n) is 3.48. The molecule has 0 unspecified atom stereocenters. The molecular formula is C4H7FO. The second-order valence-electron chi connectivity index (χ2n) is 1.64. The van der Waals surface area contributed by atoms with Crippen molar-refractivity contribution in [3.05, 3.63) is 0 Å². The van der Waals surface area contributed by atoms with Crippen LogP contribution in [0.15, 0.2) is 0 Å². The molecule has 0 aromatic carbocycles. The van der Waals surface area contributed by atoms with Crippen molar-refractivity contribution in [1.29, 1.82) is 0 Å². The molecule has 0 atom stereocenters. The minimum Gasteiger partial charge on any atom is -0.191 e. The van der Waals surface area contributed by atoms with Crippen LogP contribution in [0.25, 0.3) is 0 Å². The molecule has 1 saturated carbocycles. The lowest BCUT2D eigenvalue weighted by Crippen LogP contribution is -2.17. The van der Waals surface area contributed by atoms with E-state index in [0.29, 0.717) is 0 Å². The Bertz CT molecular complexity index is 40.1. The van der Waals surface area contributed by atoms with Gasteiger partial charge < -0.3 is 0 Å². The third-order valence-electron chi connectivity index (χ3n) is 1.18. The summed E-state index contributed by atoms with van der Waals surface area (Å²) in [4.78, 5) is 3.49. The number of halogens is 1. The molecule has 0 N–H and O–H groups in total. The Morgan fingerprint density at radius 3 is 2.17 bits per heavy atom. The third kappa shape index (κ3) is 0.522. The van der Waals surface area contributed by atoms with Gasteiger partial charge >= 0.3 is 0 Å². The zero-order chi connectivity index (χ0) is 4.41. The second kappa shape index (κ2) is 1.56. The van der Waals surface area contributed by atoms with E-state index >= 15 is 0 Å². The smallest absolute Gasteiger partial charge is 0.0983 e. The average molecular weight is 90.1 g/mol. The Kier molecular flexibility index (Phi) is 1.05. The average Bonchev–Trinajstić information content (AvgIpc) is 1.31. The van der Waals surface area contributed by atoms with Gasteiger partial charge in [-0.3, -0.25) is 0 Å². The van der Waals surface area contributed by atoms with Crippen molar-refractivity contribution in [1.82, 2.24) is 0 Å². The zero-order valence-corrected chi connectivity index (χ0v) is 3.48. The van der Waals surface area contributed by atoms with Crippen LogP contribution in [0.2, 0.25) is 0 Å². The van der Waals surface area contributed by atoms with Crippen molar-refractivity contribution in [3.8, 4) is 0 Å². The Morgan fingerprint density at radius 1 is 1.50 bits per heavy atom. The summed E-state index contributed by atoms with van der Waals surface area (Å²) >= 11 is 0. The van der Waals surface area contributed by atoms with Crippen LogP contribution in [-0.4, -0.2) is 6.10 Å². The highest BCUT2D eigenvalue weighted by molar-refractivity contribution is 4.66. The quantitative estimate of drug-likeness (QED) is 0.473. The lowest BCUT2D eigenvalue weighted by molar-refractivity contribution is -0.201. The summed E-state index contributed by atoms with van der Waals surface area (Å²) in [5, 5.41) is 0. The Morgan fingerprint density at radius 2 is 2.17 bits per heavy atom. The summed E-state index contributed by atoms with van der Waals surface area (Å²) < 4.78 is 10.9. The minimum absolute atomic E-state index is 0.0509.